The Hall–Kier alpha value is -0.610. The minimum absolute atomic E-state index is 0.302. The molecule has 14 heavy (non-hydrogen) atoms. The number of allylic oxidation sites excluding steroid dienone is 1. The molecule has 0 aromatic rings. The molecule has 0 rings (SSSR count). The third-order valence-corrected chi connectivity index (χ3v) is 3.89. The molecule has 0 fully saturated rings. The van der Waals surface area contributed by atoms with Gasteiger partial charge in [0.05, 0.1) is 0 Å². The second-order valence-electron chi connectivity index (χ2n) is 2.05. The van der Waals surface area contributed by atoms with Crippen LogP contribution in [-0.4, -0.2) is 22.3 Å². The van der Waals surface area contributed by atoms with Crippen LogP contribution in [-0.2, 0) is 20.0 Å². The second kappa shape index (κ2) is 3.87. The van der Waals surface area contributed by atoms with Crippen molar-refractivity contribution in [3.63, 3.8) is 0 Å². The van der Waals surface area contributed by atoms with E-state index in [1.54, 1.807) is 0 Å². The Labute approximate surface area is 78.7 Å². The van der Waals surface area contributed by atoms with Gasteiger partial charge in [0.1, 0.15) is 0 Å². The molecule has 0 aliphatic heterocycles. The summed E-state index contributed by atoms with van der Waals surface area (Å²) in [5, 5.41) is 0.302. The summed E-state index contributed by atoms with van der Waals surface area (Å²) in [5.41, 5.74) is -5.65. The lowest BCUT2D eigenvalue weighted by molar-refractivity contribution is -0.0441. The van der Waals surface area contributed by atoms with Crippen LogP contribution >= 0.6 is 0 Å². The quantitative estimate of drug-likeness (QED) is 0.783. The van der Waals surface area contributed by atoms with Crippen molar-refractivity contribution < 1.29 is 30.0 Å². The monoisotopic (exact) mass is 253 g/mol. The maximum atomic E-state index is 11.7. The maximum Gasteiger partial charge on any atom is 0.512 e. The lowest BCUT2D eigenvalue weighted by Gasteiger charge is -2.07. The van der Waals surface area contributed by atoms with Crippen molar-refractivity contribution in [2.75, 3.05) is 0 Å². The van der Waals surface area contributed by atoms with Crippen molar-refractivity contribution in [3.05, 3.63) is 11.5 Å². The Balaban J connectivity index is 5.08. The molecular formula is C4H6F3NO4S2. The lowest BCUT2D eigenvalue weighted by atomic mass is 10.8. The van der Waals surface area contributed by atoms with Gasteiger partial charge in [-0.1, -0.05) is 10.2 Å². The van der Waals surface area contributed by atoms with Crippen molar-refractivity contribution in [1.82, 2.24) is 4.13 Å². The number of sulfonamides is 2. The molecular weight excluding hydrogens is 247 g/mol. The number of rotatable bonds is 3. The number of hydrogen-bond donors (Lipinski definition) is 1. The molecule has 0 radical (unpaired) electrons. The molecule has 0 saturated carbocycles. The molecule has 1 N–H and O–H groups in total. The normalized spacial score (nSPS) is 14.9. The summed E-state index contributed by atoms with van der Waals surface area (Å²) in [7, 11) is -10.5. The third-order valence-electron chi connectivity index (χ3n) is 0.846. The molecule has 84 valence electrons. The molecule has 0 aliphatic carbocycles. The van der Waals surface area contributed by atoms with E-state index in [9.17, 15) is 30.0 Å². The molecule has 0 atom stereocenters. The molecule has 0 saturated heterocycles. The standard InChI is InChI=1S/C4H6F3NO4S2/c1-2-3-13(9,10)8-14(11,12)4(5,6)7/h2-3,8H,1H3. The van der Waals surface area contributed by atoms with E-state index >= 15 is 0 Å². The second-order valence-corrected chi connectivity index (χ2v) is 5.55. The highest BCUT2D eigenvalue weighted by Crippen LogP contribution is 2.22. The molecule has 0 spiro atoms. The highest BCUT2D eigenvalue weighted by molar-refractivity contribution is 8.06. The highest BCUT2D eigenvalue weighted by Gasteiger charge is 2.47. The first-order valence-electron chi connectivity index (χ1n) is 2.99. The van der Waals surface area contributed by atoms with Gasteiger partial charge in [-0.15, -0.1) is 0 Å². The SMILES string of the molecule is CC=CS(=O)(=O)NS(=O)(=O)C(F)(F)F. The van der Waals surface area contributed by atoms with Gasteiger partial charge in [0.2, 0.25) is 10.0 Å². The molecule has 0 bridgehead atoms. The number of halogens is 3. The van der Waals surface area contributed by atoms with Crippen LogP contribution in [0.15, 0.2) is 11.5 Å². The predicted molar refractivity (Wildman–Crippen MR) is 41.8 cm³/mol. The van der Waals surface area contributed by atoms with Gasteiger partial charge in [-0.25, -0.2) is 16.8 Å². The molecule has 5 nitrogen and oxygen atoms in total. The molecule has 0 unspecified atom stereocenters. The van der Waals surface area contributed by atoms with Gasteiger partial charge in [-0.05, 0) is 6.92 Å². The maximum absolute atomic E-state index is 11.7. The van der Waals surface area contributed by atoms with Gasteiger partial charge in [-0.3, -0.25) is 0 Å². The number of nitrogens with one attached hydrogen (secondary N) is 1. The van der Waals surface area contributed by atoms with E-state index in [-0.39, 0.29) is 0 Å². The summed E-state index contributed by atoms with van der Waals surface area (Å²) in [6.07, 6.45) is 0.883. The zero-order chi connectivity index (χ0) is 11.6. The van der Waals surface area contributed by atoms with Crippen LogP contribution in [0.4, 0.5) is 13.2 Å². The van der Waals surface area contributed by atoms with Crippen LogP contribution < -0.4 is 4.13 Å². The van der Waals surface area contributed by atoms with Gasteiger partial charge in [0, 0.05) is 5.41 Å². The first-order chi connectivity index (χ1) is 6.02. The minimum atomic E-state index is -5.87. The molecule has 10 heteroatoms. The highest BCUT2D eigenvalue weighted by atomic mass is 32.3. The Morgan fingerprint density at radius 2 is 1.57 bits per heavy atom. The van der Waals surface area contributed by atoms with Crippen molar-refractivity contribution >= 4 is 20.0 Å². The van der Waals surface area contributed by atoms with E-state index in [1.165, 1.54) is 6.92 Å². The van der Waals surface area contributed by atoms with E-state index in [1.807, 2.05) is 0 Å². The topological polar surface area (TPSA) is 80.3 Å². The first kappa shape index (κ1) is 13.4. The van der Waals surface area contributed by atoms with Gasteiger partial charge >= 0.3 is 15.5 Å². The van der Waals surface area contributed by atoms with Crippen LogP contribution in [0, 0.1) is 0 Å². The average Bonchev–Trinajstić information content (AvgIpc) is 1.80. The van der Waals surface area contributed by atoms with E-state index in [0.29, 0.717) is 9.54 Å². The minimum Gasteiger partial charge on any atom is -0.207 e. The van der Waals surface area contributed by atoms with E-state index in [0.717, 1.165) is 6.08 Å². The smallest absolute Gasteiger partial charge is 0.207 e. The van der Waals surface area contributed by atoms with E-state index < -0.39 is 25.6 Å². The fourth-order valence-corrected chi connectivity index (χ4v) is 2.59. The predicted octanol–water partition coefficient (Wildman–Crippen LogP) is 0.289. The summed E-state index contributed by atoms with van der Waals surface area (Å²) in [5.74, 6) is 0. The zero-order valence-corrected chi connectivity index (χ0v) is 8.37. The summed E-state index contributed by atoms with van der Waals surface area (Å²) < 4.78 is 77.3. The van der Waals surface area contributed by atoms with Crippen molar-refractivity contribution in [3.8, 4) is 0 Å². The molecule has 0 amide bonds. The zero-order valence-electron chi connectivity index (χ0n) is 6.74. The molecule has 0 aromatic heterocycles. The fourth-order valence-electron chi connectivity index (χ4n) is 0.407. The number of alkyl halides is 3. The van der Waals surface area contributed by atoms with Crippen LogP contribution in [0.3, 0.4) is 0 Å². The third kappa shape index (κ3) is 3.64. The molecule has 0 heterocycles. The Morgan fingerprint density at radius 1 is 1.14 bits per heavy atom. The largest absolute Gasteiger partial charge is 0.512 e. The molecule has 0 aromatic carbocycles. The van der Waals surface area contributed by atoms with Crippen LogP contribution in [0.2, 0.25) is 0 Å². The van der Waals surface area contributed by atoms with Gasteiger partial charge in [-0.2, -0.15) is 13.2 Å². The lowest BCUT2D eigenvalue weighted by Crippen LogP contribution is -2.39. The Bertz CT molecular complexity index is 418. The van der Waals surface area contributed by atoms with Gasteiger partial charge in [0.15, 0.2) is 0 Å². The average molecular weight is 253 g/mol. The van der Waals surface area contributed by atoms with Gasteiger partial charge in [0.25, 0.3) is 0 Å². The van der Waals surface area contributed by atoms with Crippen molar-refractivity contribution in [1.29, 1.82) is 0 Å². The fraction of sp³-hybridized carbons (Fsp3) is 0.500. The van der Waals surface area contributed by atoms with Crippen molar-refractivity contribution in [2.24, 2.45) is 0 Å². The van der Waals surface area contributed by atoms with E-state index in [4.69, 9.17) is 0 Å². The van der Waals surface area contributed by atoms with E-state index in [2.05, 4.69) is 0 Å². The number of hydrogen-bond acceptors (Lipinski definition) is 4. The van der Waals surface area contributed by atoms with Crippen LogP contribution in [0.25, 0.3) is 0 Å². The Morgan fingerprint density at radius 3 is 1.86 bits per heavy atom. The van der Waals surface area contributed by atoms with Crippen LogP contribution in [0.1, 0.15) is 6.92 Å². The summed E-state index contributed by atoms with van der Waals surface area (Å²) >= 11 is 0. The Kier molecular flexibility index (Phi) is 3.70. The van der Waals surface area contributed by atoms with Crippen molar-refractivity contribution in [2.45, 2.75) is 12.4 Å². The summed E-state index contributed by atoms with van der Waals surface area (Å²) in [4.78, 5) is 0. The summed E-state index contributed by atoms with van der Waals surface area (Å²) in [6.45, 7) is 1.21. The summed E-state index contributed by atoms with van der Waals surface area (Å²) in [6, 6.07) is 0. The molecule has 0 aliphatic rings. The first-order valence-corrected chi connectivity index (χ1v) is 6.02. The van der Waals surface area contributed by atoms with Crippen LogP contribution in [0.5, 0.6) is 0 Å². The van der Waals surface area contributed by atoms with Gasteiger partial charge < -0.3 is 0 Å².